The smallest absolute Gasteiger partial charge is 0.337 e. The first-order chi connectivity index (χ1) is 7.15. The van der Waals surface area contributed by atoms with Crippen molar-refractivity contribution in [3.8, 4) is 6.07 Å². The minimum absolute atomic E-state index is 0.0816. The molecule has 0 heterocycles. The number of carboxylic acids is 1. The Morgan fingerprint density at radius 2 is 2.13 bits per heavy atom. The van der Waals surface area contributed by atoms with E-state index < -0.39 is 5.97 Å². The number of hydrogen-bond donors (Lipinski definition) is 1. The van der Waals surface area contributed by atoms with Gasteiger partial charge in [0.25, 0.3) is 0 Å². The largest absolute Gasteiger partial charge is 0.478 e. The Morgan fingerprint density at radius 1 is 1.53 bits per heavy atom. The molecule has 0 atom stereocenters. The molecule has 0 unspecified atom stereocenters. The molecule has 0 spiro atoms. The second-order valence-electron chi connectivity index (χ2n) is 3.04. The maximum Gasteiger partial charge on any atom is 0.337 e. The van der Waals surface area contributed by atoms with Crippen LogP contribution in [0, 0.1) is 11.3 Å². The molecule has 0 radical (unpaired) electrons. The highest BCUT2D eigenvalue weighted by atomic mass is 35.5. The maximum absolute atomic E-state index is 11.0. The van der Waals surface area contributed by atoms with E-state index in [1.54, 1.807) is 12.1 Å². The Bertz CT molecular complexity index is 435. The van der Waals surface area contributed by atoms with Gasteiger partial charge in [-0.05, 0) is 17.5 Å². The summed E-state index contributed by atoms with van der Waals surface area (Å²) in [6, 6.07) is 5.32. The van der Waals surface area contributed by atoms with Crippen LogP contribution in [0.1, 0.15) is 34.0 Å². The van der Waals surface area contributed by atoms with E-state index in [1.165, 1.54) is 0 Å². The summed E-state index contributed by atoms with van der Waals surface area (Å²) in [6.07, 6.45) is 0.582. The second kappa shape index (κ2) is 4.81. The van der Waals surface area contributed by atoms with Gasteiger partial charge in [-0.3, -0.25) is 0 Å². The van der Waals surface area contributed by atoms with E-state index in [1.807, 2.05) is 13.0 Å². The SMILES string of the molecule is CCc1ccc(CCl)c(C#N)c1C(=O)O. The van der Waals surface area contributed by atoms with E-state index in [9.17, 15) is 4.79 Å². The van der Waals surface area contributed by atoms with E-state index in [0.717, 1.165) is 0 Å². The molecular formula is C11H10ClNO2. The number of carbonyl (C=O) groups is 1. The highest BCUT2D eigenvalue weighted by Crippen LogP contribution is 2.21. The number of aryl methyl sites for hydroxylation is 1. The normalized spacial score (nSPS) is 9.67. The summed E-state index contributed by atoms with van der Waals surface area (Å²) in [7, 11) is 0. The van der Waals surface area contributed by atoms with Gasteiger partial charge in [0.1, 0.15) is 6.07 Å². The molecule has 15 heavy (non-hydrogen) atoms. The number of aromatic carboxylic acids is 1. The lowest BCUT2D eigenvalue weighted by Gasteiger charge is -2.08. The van der Waals surface area contributed by atoms with Crippen LogP contribution in [0.25, 0.3) is 0 Å². The van der Waals surface area contributed by atoms with Crippen LogP contribution in [0.2, 0.25) is 0 Å². The van der Waals surface area contributed by atoms with Crippen LogP contribution in [0.3, 0.4) is 0 Å². The third kappa shape index (κ3) is 2.11. The van der Waals surface area contributed by atoms with Gasteiger partial charge in [0.2, 0.25) is 0 Å². The Labute approximate surface area is 92.9 Å². The molecule has 0 saturated carbocycles. The molecule has 0 amide bonds. The van der Waals surface area contributed by atoms with Crippen molar-refractivity contribution in [2.24, 2.45) is 0 Å². The van der Waals surface area contributed by atoms with Gasteiger partial charge in [-0.15, -0.1) is 11.6 Å². The van der Waals surface area contributed by atoms with Gasteiger partial charge >= 0.3 is 5.97 Å². The van der Waals surface area contributed by atoms with E-state index in [0.29, 0.717) is 17.5 Å². The van der Waals surface area contributed by atoms with Crippen molar-refractivity contribution in [3.63, 3.8) is 0 Å². The van der Waals surface area contributed by atoms with Gasteiger partial charge in [0, 0.05) is 5.88 Å². The van der Waals surface area contributed by atoms with E-state index in [-0.39, 0.29) is 17.0 Å². The van der Waals surface area contributed by atoms with Gasteiger partial charge in [0.05, 0.1) is 11.1 Å². The molecule has 0 aliphatic heterocycles. The molecule has 4 heteroatoms. The number of hydrogen-bond acceptors (Lipinski definition) is 2. The zero-order valence-corrected chi connectivity index (χ0v) is 9.01. The third-order valence-electron chi connectivity index (χ3n) is 2.23. The van der Waals surface area contributed by atoms with Crippen molar-refractivity contribution in [2.45, 2.75) is 19.2 Å². The molecule has 3 nitrogen and oxygen atoms in total. The van der Waals surface area contributed by atoms with Crippen LogP contribution in [-0.4, -0.2) is 11.1 Å². The van der Waals surface area contributed by atoms with Crippen molar-refractivity contribution in [1.29, 1.82) is 5.26 Å². The van der Waals surface area contributed by atoms with E-state index >= 15 is 0 Å². The van der Waals surface area contributed by atoms with Crippen molar-refractivity contribution >= 4 is 17.6 Å². The molecular weight excluding hydrogens is 214 g/mol. The van der Waals surface area contributed by atoms with Crippen LogP contribution < -0.4 is 0 Å². The van der Waals surface area contributed by atoms with Gasteiger partial charge in [0.15, 0.2) is 0 Å². The van der Waals surface area contributed by atoms with Crippen molar-refractivity contribution < 1.29 is 9.90 Å². The minimum Gasteiger partial charge on any atom is -0.478 e. The summed E-state index contributed by atoms with van der Waals surface area (Å²) in [6.45, 7) is 1.85. The molecule has 1 rings (SSSR count). The lowest BCUT2D eigenvalue weighted by atomic mass is 9.96. The highest BCUT2D eigenvalue weighted by molar-refractivity contribution is 6.17. The number of nitriles is 1. The predicted octanol–water partition coefficient (Wildman–Crippen LogP) is 2.56. The van der Waals surface area contributed by atoms with E-state index in [2.05, 4.69) is 0 Å². The van der Waals surface area contributed by atoms with Crippen molar-refractivity contribution in [1.82, 2.24) is 0 Å². The fraction of sp³-hybridized carbons (Fsp3) is 0.273. The van der Waals surface area contributed by atoms with Gasteiger partial charge in [-0.1, -0.05) is 19.1 Å². The molecule has 1 aromatic rings. The van der Waals surface area contributed by atoms with Crippen LogP contribution in [-0.2, 0) is 12.3 Å². The molecule has 0 aromatic heterocycles. The van der Waals surface area contributed by atoms with Crippen molar-refractivity contribution in [3.05, 3.63) is 34.4 Å². The van der Waals surface area contributed by atoms with E-state index in [4.69, 9.17) is 22.0 Å². The fourth-order valence-electron chi connectivity index (χ4n) is 1.47. The number of halogens is 1. The molecule has 1 aromatic carbocycles. The van der Waals surface area contributed by atoms with Crippen LogP contribution in [0.15, 0.2) is 12.1 Å². The standard InChI is InChI=1S/C11H10ClNO2/c1-2-7-3-4-8(5-12)9(6-13)10(7)11(14)15/h3-4H,2,5H2,1H3,(H,14,15). The van der Waals surface area contributed by atoms with Gasteiger partial charge < -0.3 is 5.11 Å². The quantitative estimate of drug-likeness (QED) is 0.801. The second-order valence-corrected chi connectivity index (χ2v) is 3.31. The zero-order chi connectivity index (χ0) is 11.4. The summed E-state index contributed by atoms with van der Waals surface area (Å²) in [5, 5.41) is 18.0. The lowest BCUT2D eigenvalue weighted by Crippen LogP contribution is -2.07. The summed E-state index contributed by atoms with van der Waals surface area (Å²) in [5.74, 6) is -0.928. The Kier molecular flexibility index (Phi) is 3.70. The lowest BCUT2D eigenvalue weighted by molar-refractivity contribution is 0.0695. The number of carboxylic acid groups (broad SMARTS) is 1. The van der Waals surface area contributed by atoms with Crippen LogP contribution in [0.4, 0.5) is 0 Å². The Balaban J connectivity index is 3.53. The van der Waals surface area contributed by atoms with Crippen LogP contribution in [0.5, 0.6) is 0 Å². The topological polar surface area (TPSA) is 61.1 Å². The molecule has 0 fully saturated rings. The first-order valence-electron chi connectivity index (χ1n) is 4.49. The van der Waals surface area contributed by atoms with Crippen molar-refractivity contribution in [2.75, 3.05) is 0 Å². The minimum atomic E-state index is -1.07. The summed E-state index contributed by atoms with van der Waals surface area (Å²) in [4.78, 5) is 11.0. The molecule has 1 N–H and O–H groups in total. The molecule has 0 bridgehead atoms. The number of alkyl halides is 1. The number of rotatable bonds is 3. The summed E-state index contributed by atoms with van der Waals surface area (Å²) in [5.41, 5.74) is 1.48. The maximum atomic E-state index is 11.0. The monoisotopic (exact) mass is 223 g/mol. The predicted molar refractivity (Wildman–Crippen MR) is 57.1 cm³/mol. The Hall–Kier alpha value is -1.53. The van der Waals surface area contributed by atoms with Gasteiger partial charge in [-0.2, -0.15) is 5.26 Å². The zero-order valence-electron chi connectivity index (χ0n) is 8.25. The molecule has 0 aliphatic rings. The van der Waals surface area contributed by atoms with Gasteiger partial charge in [-0.25, -0.2) is 4.79 Å². The molecule has 0 saturated heterocycles. The Morgan fingerprint density at radius 3 is 2.53 bits per heavy atom. The molecule has 0 aliphatic carbocycles. The average Bonchev–Trinajstić information content (AvgIpc) is 2.26. The highest BCUT2D eigenvalue weighted by Gasteiger charge is 2.17. The first-order valence-corrected chi connectivity index (χ1v) is 5.03. The van der Waals surface area contributed by atoms with Crippen LogP contribution >= 0.6 is 11.6 Å². The number of nitrogens with zero attached hydrogens (tertiary/aromatic N) is 1. The number of benzene rings is 1. The fourth-order valence-corrected chi connectivity index (χ4v) is 1.69. The third-order valence-corrected chi connectivity index (χ3v) is 2.52. The summed E-state index contributed by atoms with van der Waals surface area (Å²) >= 11 is 5.64. The first kappa shape index (κ1) is 11.5. The summed E-state index contributed by atoms with van der Waals surface area (Å²) < 4.78 is 0. The average molecular weight is 224 g/mol. The molecule has 78 valence electrons.